The zero-order valence-electron chi connectivity index (χ0n) is 10.6. The van der Waals surface area contributed by atoms with Crippen molar-refractivity contribution in [1.82, 2.24) is 0 Å². The van der Waals surface area contributed by atoms with Crippen molar-refractivity contribution in [2.45, 2.75) is 33.2 Å². The lowest BCUT2D eigenvalue weighted by Crippen LogP contribution is -2.28. The lowest BCUT2D eigenvalue weighted by atomic mass is 10.2. The van der Waals surface area contributed by atoms with E-state index in [1.807, 2.05) is 6.07 Å². The van der Waals surface area contributed by atoms with E-state index in [1.54, 1.807) is 0 Å². The topological polar surface area (TPSA) is 9.23 Å². The summed E-state index contributed by atoms with van der Waals surface area (Å²) in [5.74, 6) is 0. The van der Waals surface area contributed by atoms with Crippen LogP contribution in [0.3, 0.4) is 0 Å². The number of benzene rings is 1. The highest BCUT2D eigenvalue weighted by molar-refractivity contribution is 6.92. The Balaban J connectivity index is 2.41. The molecule has 0 aromatic heterocycles. The molecule has 0 aliphatic carbocycles. The van der Waals surface area contributed by atoms with Gasteiger partial charge in [-0.2, -0.15) is 0 Å². The Morgan fingerprint density at radius 2 is 1.88 bits per heavy atom. The third-order valence-corrected chi connectivity index (χ3v) is 7.62. The lowest BCUT2D eigenvalue weighted by molar-refractivity contribution is 0.329. The van der Waals surface area contributed by atoms with Gasteiger partial charge in [0, 0.05) is 0 Å². The SMILES string of the molecule is CC=C([Si]OCc1ccccc1)[Si](C)(C)C. The molecule has 3 heteroatoms. The molecule has 0 atom stereocenters. The molecule has 1 aromatic carbocycles. The monoisotopic (exact) mass is 248 g/mol. The molecule has 16 heavy (non-hydrogen) atoms. The molecule has 0 unspecified atom stereocenters. The smallest absolute Gasteiger partial charge is 0.260 e. The van der Waals surface area contributed by atoms with Crippen molar-refractivity contribution >= 4 is 17.8 Å². The second-order valence-electron chi connectivity index (χ2n) is 4.83. The maximum Gasteiger partial charge on any atom is 0.260 e. The van der Waals surface area contributed by atoms with Crippen LogP contribution in [0.5, 0.6) is 0 Å². The van der Waals surface area contributed by atoms with Gasteiger partial charge in [0.25, 0.3) is 9.76 Å². The van der Waals surface area contributed by atoms with Crippen LogP contribution in [-0.4, -0.2) is 17.8 Å². The first kappa shape index (κ1) is 13.4. The minimum absolute atomic E-state index is 0.523. The Morgan fingerprint density at radius 3 is 2.38 bits per heavy atom. The van der Waals surface area contributed by atoms with Gasteiger partial charge < -0.3 is 4.43 Å². The van der Waals surface area contributed by atoms with Crippen LogP contribution < -0.4 is 0 Å². The van der Waals surface area contributed by atoms with Crippen LogP contribution in [0.25, 0.3) is 0 Å². The van der Waals surface area contributed by atoms with Gasteiger partial charge in [0.1, 0.15) is 0 Å². The summed E-state index contributed by atoms with van der Waals surface area (Å²) in [6.07, 6.45) is 2.23. The maximum absolute atomic E-state index is 5.79. The van der Waals surface area contributed by atoms with Gasteiger partial charge in [-0.25, -0.2) is 0 Å². The molecule has 0 fully saturated rings. The van der Waals surface area contributed by atoms with Crippen LogP contribution >= 0.6 is 0 Å². The fourth-order valence-electron chi connectivity index (χ4n) is 1.42. The van der Waals surface area contributed by atoms with E-state index in [-0.39, 0.29) is 0 Å². The number of rotatable bonds is 5. The summed E-state index contributed by atoms with van der Waals surface area (Å²) in [5, 5.41) is 0. The maximum atomic E-state index is 5.79. The quantitative estimate of drug-likeness (QED) is 0.723. The van der Waals surface area contributed by atoms with E-state index in [1.165, 1.54) is 10.4 Å². The largest absolute Gasteiger partial charge is 0.408 e. The molecule has 0 saturated carbocycles. The molecule has 0 heterocycles. The Labute approximate surface area is 102 Å². The molecule has 2 radical (unpaired) electrons. The highest BCUT2D eigenvalue weighted by atomic mass is 28.4. The van der Waals surface area contributed by atoms with Crippen LogP contribution in [0.2, 0.25) is 19.6 Å². The Morgan fingerprint density at radius 1 is 1.25 bits per heavy atom. The standard InChI is InChI=1S/C13H20OSi2/c1-5-13(16(2,3)4)15-14-11-12-9-7-6-8-10-12/h5-10H,11H2,1-4H3. The molecule has 0 aliphatic rings. The van der Waals surface area contributed by atoms with Crippen molar-refractivity contribution in [2.24, 2.45) is 0 Å². The van der Waals surface area contributed by atoms with E-state index < -0.39 is 8.07 Å². The summed E-state index contributed by atoms with van der Waals surface area (Å²) in [6, 6.07) is 10.3. The van der Waals surface area contributed by atoms with Crippen LogP contribution in [0, 0.1) is 0 Å². The average molecular weight is 248 g/mol. The van der Waals surface area contributed by atoms with E-state index in [4.69, 9.17) is 4.43 Å². The number of allylic oxidation sites excluding steroid dienone is 1. The summed E-state index contributed by atoms with van der Waals surface area (Å²) in [5.41, 5.74) is 1.25. The predicted octanol–water partition coefficient (Wildman–Crippen LogP) is 3.60. The molecule has 1 rings (SSSR count). The van der Waals surface area contributed by atoms with Crippen molar-refractivity contribution < 1.29 is 4.43 Å². The van der Waals surface area contributed by atoms with Gasteiger partial charge >= 0.3 is 0 Å². The normalized spacial score (nSPS) is 12.9. The van der Waals surface area contributed by atoms with Crippen LogP contribution in [0.15, 0.2) is 41.2 Å². The van der Waals surface area contributed by atoms with Gasteiger partial charge in [0.2, 0.25) is 0 Å². The second kappa shape index (κ2) is 6.18. The zero-order chi connectivity index (χ0) is 12.0. The summed E-state index contributed by atoms with van der Waals surface area (Å²) in [7, 11) is -0.653. The van der Waals surface area contributed by atoms with Crippen LogP contribution in [-0.2, 0) is 11.0 Å². The first-order chi connectivity index (χ1) is 7.54. The van der Waals surface area contributed by atoms with Gasteiger partial charge in [-0.05, 0) is 12.5 Å². The first-order valence-corrected chi connectivity index (χ1v) is 10.0. The van der Waals surface area contributed by atoms with Crippen molar-refractivity contribution in [1.29, 1.82) is 0 Å². The number of hydrogen-bond donors (Lipinski definition) is 0. The molecule has 1 nitrogen and oxygen atoms in total. The molecule has 86 valence electrons. The molecule has 0 aliphatic heterocycles. The first-order valence-electron chi connectivity index (χ1n) is 5.62. The minimum Gasteiger partial charge on any atom is -0.408 e. The molecule has 0 spiro atoms. The van der Waals surface area contributed by atoms with Gasteiger partial charge in [-0.15, -0.1) is 0 Å². The zero-order valence-corrected chi connectivity index (χ0v) is 12.6. The van der Waals surface area contributed by atoms with E-state index in [0.717, 1.165) is 6.61 Å². The van der Waals surface area contributed by atoms with Gasteiger partial charge in [0.15, 0.2) is 0 Å². The van der Waals surface area contributed by atoms with Crippen molar-refractivity contribution in [3.63, 3.8) is 0 Å². The summed E-state index contributed by atoms with van der Waals surface area (Å²) < 4.78 is 5.79. The van der Waals surface area contributed by atoms with Crippen LogP contribution in [0.1, 0.15) is 12.5 Å². The molecule has 0 amide bonds. The molecular weight excluding hydrogens is 228 g/mol. The third-order valence-electron chi connectivity index (χ3n) is 2.36. The van der Waals surface area contributed by atoms with E-state index in [9.17, 15) is 0 Å². The number of hydrogen-bond acceptors (Lipinski definition) is 1. The molecular formula is C13H20OSi2. The summed E-state index contributed by atoms with van der Waals surface area (Å²) >= 11 is 0. The van der Waals surface area contributed by atoms with E-state index in [0.29, 0.717) is 9.76 Å². The second-order valence-corrected chi connectivity index (χ2v) is 11.4. The summed E-state index contributed by atoms with van der Waals surface area (Å²) in [6.45, 7) is 9.93. The third kappa shape index (κ3) is 4.47. The molecule has 0 N–H and O–H groups in total. The average Bonchev–Trinajstić information content (AvgIpc) is 2.24. The summed E-state index contributed by atoms with van der Waals surface area (Å²) in [4.78, 5) is 1.52. The van der Waals surface area contributed by atoms with Gasteiger partial charge in [-0.1, -0.05) is 60.9 Å². The molecule has 0 saturated heterocycles. The lowest BCUT2D eigenvalue weighted by Gasteiger charge is -2.19. The van der Waals surface area contributed by atoms with E-state index in [2.05, 4.69) is 56.9 Å². The Kier molecular flexibility index (Phi) is 5.18. The fraction of sp³-hybridized carbons (Fsp3) is 0.385. The molecule has 0 bridgehead atoms. The van der Waals surface area contributed by atoms with Crippen LogP contribution in [0.4, 0.5) is 0 Å². The Hall–Kier alpha value is -0.646. The van der Waals surface area contributed by atoms with Crippen molar-refractivity contribution in [2.75, 3.05) is 0 Å². The van der Waals surface area contributed by atoms with Gasteiger partial charge in [-0.3, -0.25) is 0 Å². The minimum atomic E-state index is -1.18. The van der Waals surface area contributed by atoms with Crippen molar-refractivity contribution in [3.8, 4) is 0 Å². The fourth-order valence-corrected chi connectivity index (χ4v) is 4.24. The van der Waals surface area contributed by atoms with E-state index >= 15 is 0 Å². The highest BCUT2D eigenvalue weighted by Gasteiger charge is 2.19. The predicted molar refractivity (Wildman–Crippen MR) is 74.1 cm³/mol. The van der Waals surface area contributed by atoms with Crippen molar-refractivity contribution in [3.05, 3.63) is 46.8 Å². The molecule has 1 aromatic rings. The highest BCUT2D eigenvalue weighted by Crippen LogP contribution is 2.13. The Bertz CT molecular complexity index is 339. The van der Waals surface area contributed by atoms with Gasteiger partial charge in [0.05, 0.1) is 14.7 Å².